The van der Waals surface area contributed by atoms with Crippen LogP contribution in [0.1, 0.15) is 13.8 Å². The molecular formula is C10H16ClN5O2. The van der Waals surface area contributed by atoms with Gasteiger partial charge in [0.2, 0.25) is 5.91 Å². The lowest BCUT2D eigenvalue weighted by Gasteiger charge is -2.30. The molecule has 1 aromatic rings. The van der Waals surface area contributed by atoms with Crippen LogP contribution in [0.2, 0.25) is 0 Å². The van der Waals surface area contributed by atoms with Gasteiger partial charge in [-0.05, 0) is 5.41 Å². The second-order valence-corrected chi connectivity index (χ2v) is 4.73. The molecular weight excluding hydrogens is 258 g/mol. The van der Waals surface area contributed by atoms with Crippen molar-refractivity contribution in [3.05, 3.63) is 12.7 Å². The van der Waals surface area contributed by atoms with Gasteiger partial charge in [0.25, 0.3) is 0 Å². The number of alkyl halides is 1. The van der Waals surface area contributed by atoms with Crippen LogP contribution in [0.25, 0.3) is 0 Å². The van der Waals surface area contributed by atoms with E-state index in [0.29, 0.717) is 0 Å². The van der Waals surface area contributed by atoms with Crippen molar-refractivity contribution in [2.45, 2.75) is 13.8 Å². The van der Waals surface area contributed by atoms with E-state index in [1.807, 2.05) is 13.8 Å². The number of carbonyl (C=O) groups is 1. The molecule has 1 atom stereocenters. The quantitative estimate of drug-likeness (QED) is 0.275. The molecule has 0 bridgehead atoms. The molecule has 1 heterocycles. The molecule has 18 heavy (non-hydrogen) atoms. The van der Waals surface area contributed by atoms with Crippen molar-refractivity contribution in [3.8, 4) is 0 Å². The number of aromatic nitrogens is 3. The smallest absolute Gasteiger partial charge is 0.231 e. The summed E-state index contributed by atoms with van der Waals surface area (Å²) in [6, 6.07) is 0. The highest BCUT2D eigenvalue weighted by atomic mass is 35.5. The van der Waals surface area contributed by atoms with Gasteiger partial charge in [-0.15, -0.1) is 11.6 Å². The number of halogens is 1. The molecule has 0 saturated carbocycles. The second kappa shape index (κ2) is 5.81. The minimum Gasteiger partial charge on any atom is -0.409 e. The summed E-state index contributed by atoms with van der Waals surface area (Å²) in [5, 5.41) is 18.7. The summed E-state index contributed by atoms with van der Waals surface area (Å²) >= 11 is 5.89. The first-order chi connectivity index (χ1) is 8.47. The molecule has 1 amide bonds. The van der Waals surface area contributed by atoms with Crippen LogP contribution in [0.3, 0.4) is 0 Å². The van der Waals surface area contributed by atoms with Crippen molar-refractivity contribution in [1.82, 2.24) is 20.1 Å². The summed E-state index contributed by atoms with van der Waals surface area (Å²) in [7, 11) is 1.51. The van der Waals surface area contributed by atoms with Crippen molar-refractivity contribution in [3.63, 3.8) is 0 Å². The van der Waals surface area contributed by atoms with E-state index in [4.69, 9.17) is 16.8 Å². The predicted molar refractivity (Wildman–Crippen MR) is 66.7 cm³/mol. The lowest BCUT2D eigenvalue weighted by atomic mass is 9.79. The maximum atomic E-state index is 12.0. The third kappa shape index (κ3) is 2.79. The molecule has 0 aromatic carbocycles. The van der Waals surface area contributed by atoms with E-state index >= 15 is 0 Å². The topological polar surface area (TPSA) is 92.4 Å². The molecule has 0 aliphatic rings. The zero-order chi connectivity index (χ0) is 13.8. The Bertz CT molecular complexity index is 429. The number of hydrogen-bond donors (Lipinski definition) is 2. The van der Waals surface area contributed by atoms with Gasteiger partial charge in [-0.1, -0.05) is 19.0 Å². The number of oxime groups is 1. The normalized spacial score (nSPS) is 14.3. The van der Waals surface area contributed by atoms with E-state index in [-0.39, 0.29) is 17.6 Å². The van der Waals surface area contributed by atoms with Crippen LogP contribution < -0.4 is 5.32 Å². The maximum Gasteiger partial charge on any atom is 0.231 e. The van der Waals surface area contributed by atoms with Gasteiger partial charge in [-0.2, -0.15) is 5.10 Å². The molecule has 1 unspecified atom stereocenters. The van der Waals surface area contributed by atoms with Gasteiger partial charge < -0.3 is 10.5 Å². The van der Waals surface area contributed by atoms with E-state index in [1.165, 1.54) is 24.4 Å². The third-order valence-electron chi connectivity index (χ3n) is 2.65. The maximum absolute atomic E-state index is 12.0. The number of amides is 1. The zero-order valence-electron chi connectivity index (χ0n) is 10.5. The van der Waals surface area contributed by atoms with E-state index in [0.717, 1.165) is 0 Å². The molecule has 100 valence electrons. The minimum absolute atomic E-state index is 0.0810. The molecule has 1 rings (SSSR count). The highest BCUT2D eigenvalue weighted by Gasteiger charge is 2.40. The van der Waals surface area contributed by atoms with Gasteiger partial charge in [-0.25, -0.2) is 9.67 Å². The molecule has 7 nitrogen and oxygen atoms in total. The Labute approximate surface area is 110 Å². The summed E-state index contributed by atoms with van der Waals surface area (Å²) < 4.78 is 1.24. The summed E-state index contributed by atoms with van der Waals surface area (Å²) in [6.07, 6.45) is 2.65. The molecule has 8 heteroatoms. The van der Waals surface area contributed by atoms with E-state index < -0.39 is 11.3 Å². The van der Waals surface area contributed by atoms with Crippen LogP contribution in [0.5, 0.6) is 0 Å². The van der Waals surface area contributed by atoms with Crippen molar-refractivity contribution in [2.24, 2.45) is 16.5 Å². The van der Waals surface area contributed by atoms with Gasteiger partial charge in [0, 0.05) is 12.9 Å². The first-order valence-corrected chi connectivity index (χ1v) is 5.86. The summed E-state index contributed by atoms with van der Waals surface area (Å²) in [5.74, 6) is -0.744. The summed E-state index contributed by atoms with van der Waals surface area (Å²) in [6.45, 7) is 3.62. The number of rotatable bonds is 4. The van der Waals surface area contributed by atoms with Crippen LogP contribution in [0.4, 0.5) is 0 Å². The Kier molecular flexibility index (Phi) is 4.66. The minimum atomic E-state index is -0.744. The first kappa shape index (κ1) is 14.4. The van der Waals surface area contributed by atoms with Crippen LogP contribution in [-0.4, -0.2) is 44.6 Å². The summed E-state index contributed by atoms with van der Waals surface area (Å²) in [4.78, 5) is 15.8. The van der Waals surface area contributed by atoms with Gasteiger partial charge in [0.15, 0.2) is 5.84 Å². The fraction of sp³-hybridized carbons (Fsp3) is 0.600. The standard InChI is InChI=1S/C10H16ClN5O2/c1-10(2,4-11)7(9(17)12-3)8(15-18)16-6-13-5-14-16/h5-7,18H,4H2,1-3H3,(H,12,17). The molecule has 0 fully saturated rings. The van der Waals surface area contributed by atoms with Crippen molar-refractivity contribution in [1.29, 1.82) is 0 Å². The molecule has 0 radical (unpaired) electrons. The SMILES string of the molecule is CNC(=O)C(C(=NO)n1cncn1)C(C)(C)CCl. The fourth-order valence-corrected chi connectivity index (χ4v) is 1.76. The number of nitrogens with one attached hydrogen (secondary N) is 1. The van der Waals surface area contributed by atoms with Crippen LogP contribution in [-0.2, 0) is 4.79 Å². The molecule has 2 N–H and O–H groups in total. The fourth-order valence-electron chi connectivity index (χ4n) is 1.61. The molecule has 1 aromatic heterocycles. The average Bonchev–Trinajstić information content (AvgIpc) is 2.88. The van der Waals surface area contributed by atoms with Crippen molar-refractivity contribution in [2.75, 3.05) is 12.9 Å². The van der Waals surface area contributed by atoms with Gasteiger partial charge in [0.1, 0.15) is 18.6 Å². The van der Waals surface area contributed by atoms with E-state index in [1.54, 1.807) is 0 Å². The molecule has 0 aliphatic heterocycles. The highest BCUT2D eigenvalue weighted by Crippen LogP contribution is 2.30. The van der Waals surface area contributed by atoms with Gasteiger partial charge in [0.05, 0.1) is 0 Å². The number of nitrogens with zero attached hydrogens (tertiary/aromatic N) is 4. The third-order valence-corrected chi connectivity index (χ3v) is 3.34. The summed E-state index contributed by atoms with van der Waals surface area (Å²) in [5.41, 5.74) is -0.602. The zero-order valence-corrected chi connectivity index (χ0v) is 11.2. The molecule has 0 saturated heterocycles. The van der Waals surface area contributed by atoms with Crippen LogP contribution in [0.15, 0.2) is 17.8 Å². The second-order valence-electron chi connectivity index (χ2n) is 4.47. The number of hydrogen-bond acceptors (Lipinski definition) is 5. The monoisotopic (exact) mass is 273 g/mol. The Morgan fingerprint density at radius 1 is 1.67 bits per heavy atom. The van der Waals surface area contributed by atoms with Gasteiger partial charge in [-0.3, -0.25) is 4.79 Å². The van der Waals surface area contributed by atoms with Crippen LogP contribution >= 0.6 is 11.6 Å². The lowest BCUT2D eigenvalue weighted by Crippen LogP contribution is -2.46. The van der Waals surface area contributed by atoms with E-state index in [2.05, 4.69) is 20.6 Å². The average molecular weight is 274 g/mol. The first-order valence-electron chi connectivity index (χ1n) is 5.32. The van der Waals surface area contributed by atoms with E-state index in [9.17, 15) is 4.79 Å². The van der Waals surface area contributed by atoms with Crippen LogP contribution in [0, 0.1) is 11.3 Å². The predicted octanol–water partition coefficient (Wildman–Crippen LogP) is 0.541. The lowest BCUT2D eigenvalue weighted by molar-refractivity contribution is -0.125. The Balaban J connectivity index is 3.22. The van der Waals surface area contributed by atoms with Gasteiger partial charge >= 0.3 is 0 Å². The largest absolute Gasteiger partial charge is 0.409 e. The van der Waals surface area contributed by atoms with Crippen molar-refractivity contribution >= 4 is 23.3 Å². The Morgan fingerprint density at radius 3 is 2.72 bits per heavy atom. The van der Waals surface area contributed by atoms with Crippen molar-refractivity contribution < 1.29 is 10.0 Å². The highest BCUT2D eigenvalue weighted by molar-refractivity contribution is 6.19. The molecule has 0 spiro atoms. The Hall–Kier alpha value is -1.63. The number of carbonyl (C=O) groups excluding carboxylic acids is 1. The molecule has 0 aliphatic carbocycles. The Morgan fingerprint density at radius 2 is 2.33 bits per heavy atom.